The fourth-order valence-corrected chi connectivity index (χ4v) is 2.99. The lowest BCUT2D eigenvalue weighted by molar-refractivity contribution is -0.138. The molecule has 2 N–H and O–H groups in total. The van der Waals surface area contributed by atoms with E-state index < -0.39 is 0 Å². The third-order valence-electron chi connectivity index (χ3n) is 4.54. The molecule has 0 spiro atoms. The van der Waals surface area contributed by atoms with Crippen molar-refractivity contribution in [3.8, 4) is 0 Å². The molecule has 1 aromatic rings. The number of nitrogens with zero attached hydrogens (tertiary/aromatic N) is 2. The van der Waals surface area contributed by atoms with Crippen LogP contribution in [0.15, 0.2) is 18.3 Å². The molecule has 112 valence electrons. The Morgan fingerprint density at radius 1 is 1.35 bits per heavy atom. The van der Waals surface area contributed by atoms with E-state index in [0.717, 1.165) is 19.4 Å². The van der Waals surface area contributed by atoms with Crippen LogP contribution >= 0.6 is 0 Å². The van der Waals surface area contributed by atoms with E-state index in [1.54, 1.807) is 0 Å². The molecule has 1 aliphatic rings. The number of amides is 1. The van der Waals surface area contributed by atoms with Gasteiger partial charge < -0.3 is 15.2 Å². The summed E-state index contributed by atoms with van der Waals surface area (Å²) in [7, 11) is 2.05. The molecule has 0 aliphatic carbocycles. The van der Waals surface area contributed by atoms with Crippen LogP contribution in [0.3, 0.4) is 0 Å². The second-order valence-corrected chi connectivity index (χ2v) is 6.09. The molecule has 0 bridgehead atoms. The Labute approximate surface area is 121 Å². The minimum atomic E-state index is -0.115. The molecule has 1 saturated heterocycles. The van der Waals surface area contributed by atoms with Gasteiger partial charge in [0.05, 0.1) is 12.0 Å². The molecule has 0 saturated carbocycles. The largest absolute Gasteiger partial charge is 0.353 e. The summed E-state index contributed by atoms with van der Waals surface area (Å²) in [4.78, 5) is 14.8. The Morgan fingerprint density at radius 2 is 2.10 bits per heavy atom. The maximum Gasteiger partial charge on any atom is 0.227 e. The summed E-state index contributed by atoms with van der Waals surface area (Å²) >= 11 is 0. The molecule has 2 heterocycles. The van der Waals surface area contributed by atoms with Gasteiger partial charge in [0.15, 0.2) is 0 Å². The van der Waals surface area contributed by atoms with Crippen molar-refractivity contribution >= 4 is 5.91 Å². The van der Waals surface area contributed by atoms with Crippen LogP contribution in [0.25, 0.3) is 0 Å². The van der Waals surface area contributed by atoms with Crippen LogP contribution in [0, 0.1) is 5.92 Å². The second-order valence-electron chi connectivity index (χ2n) is 6.09. The fourth-order valence-electron chi connectivity index (χ4n) is 2.99. The number of aromatic nitrogens is 1. The standard InChI is InChI=1S/C16H27N3O/c1-12(13(2)17)16(20)19-11-6-4-5-8-15(19)14-9-7-10-18(14)3/h7,9-10,12-13,15H,4-6,8,11,17H2,1-3H3. The number of rotatable bonds is 3. The lowest BCUT2D eigenvalue weighted by Gasteiger charge is -2.33. The van der Waals surface area contributed by atoms with Crippen LogP contribution < -0.4 is 5.73 Å². The SMILES string of the molecule is CC(N)C(C)C(=O)N1CCCCCC1c1cccn1C. The third kappa shape index (κ3) is 3.06. The first-order chi connectivity index (χ1) is 9.52. The molecule has 3 unspecified atom stereocenters. The van der Waals surface area contributed by atoms with Crippen molar-refractivity contribution in [1.29, 1.82) is 0 Å². The van der Waals surface area contributed by atoms with Crippen LogP contribution in [-0.2, 0) is 11.8 Å². The number of carbonyl (C=O) groups is 1. The van der Waals surface area contributed by atoms with Crippen molar-refractivity contribution in [3.63, 3.8) is 0 Å². The van der Waals surface area contributed by atoms with Crippen LogP contribution in [0.1, 0.15) is 51.3 Å². The van der Waals surface area contributed by atoms with Gasteiger partial charge in [-0.05, 0) is 31.9 Å². The van der Waals surface area contributed by atoms with Gasteiger partial charge in [-0.3, -0.25) is 4.79 Å². The summed E-state index contributed by atoms with van der Waals surface area (Å²) in [5.41, 5.74) is 7.16. The predicted octanol–water partition coefficient (Wildman–Crippen LogP) is 2.45. The van der Waals surface area contributed by atoms with E-state index in [0.29, 0.717) is 0 Å². The Balaban J connectivity index is 2.26. The van der Waals surface area contributed by atoms with Gasteiger partial charge in [0.1, 0.15) is 0 Å². The van der Waals surface area contributed by atoms with E-state index in [1.807, 2.05) is 13.8 Å². The third-order valence-corrected chi connectivity index (χ3v) is 4.54. The summed E-state index contributed by atoms with van der Waals surface area (Å²) in [6, 6.07) is 4.29. The zero-order chi connectivity index (χ0) is 14.7. The maximum absolute atomic E-state index is 12.7. The Kier molecular flexibility index (Phi) is 4.86. The summed E-state index contributed by atoms with van der Waals surface area (Å²) in [6.45, 7) is 4.71. The zero-order valence-electron chi connectivity index (χ0n) is 12.9. The quantitative estimate of drug-likeness (QED) is 0.922. The first-order valence-corrected chi connectivity index (χ1v) is 7.69. The summed E-state index contributed by atoms with van der Waals surface area (Å²) < 4.78 is 2.13. The first-order valence-electron chi connectivity index (χ1n) is 7.69. The van der Waals surface area contributed by atoms with Crippen molar-refractivity contribution in [2.45, 2.75) is 51.6 Å². The minimum Gasteiger partial charge on any atom is -0.353 e. The molecular formula is C16H27N3O. The van der Waals surface area contributed by atoms with Crippen LogP contribution in [-0.4, -0.2) is 28.0 Å². The maximum atomic E-state index is 12.7. The average Bonchev–Trinajstić information content (AvgIpc) is 2.70. The lowest BCUT2D eigenvalue weighted by atomic mass is 10.00. The minimum absolute atomic E-state index is 0.0974. The number of hydrogen-bond donors (Lipinski definition) is 1. The normalized spacial score (nSPS) is 23.2. The van der Waals surface area contributed by atoms with E-state index in [1.165, 1.54) is 18.5 Å². The molecule has 1 aliphatic heterocycles. The molecule has 0 radical (unpaired) electrons. The highest BCUT2D eigenvalue weighted by molar-refractivity contribution is 5.79. The summed E-state index contributed by atoms with van der Waals surface area (Å²) in [6.07, 6.45) is 6.59. The molecule has 4 nitrogen and oxygen atoms in total. The molecule has 3 atom stereocenters. The topological polar surface area (TPSA) is 51.3 Å². The molecule has 0 aromatic carbocycles. The molecule has 20 heavy (non-hydrogen) atoms. The van der Waals surface area contributed by atoms with Gasteiger partial charge in [0, 0.05) is 31.5 Å². The predicted molar refractivity (Wildman–Crippen MR) is 81.1 cm³/mol. The fraction of sp³-hybridized carbons (Fsp3) is 0.688. The lowest BCUT2D eigenvalue weighted by Crippen LogP contribution is -2.43. The van der Waals surface area contributed by atoms with E-state index >= 15 is 0 Å². The van der Waals surface area contributed by atoms with E-state index in [9.17, 15) is 4.79 Å². The number of nitrogens with two attached hydrogens (primary N) is 1. The van der Waals surface area contributed by atoms with Gasteiger partial charge in [0.2, 0.25) is 5.91 Å². The van der Waals surface area contributed by atoms with Crippen LogP contribution in [0.2, 0.25) is 0 Å². The number of aryl methyl sites for hydroxylation is 1. The molecule has 1 aromatic heterocycles. The Morgan fingerprint density at radius 3 is 2.70 bits per heavy atom. The molecule has 1 amide bonds. The highest BCUT2D eigenvalue weighted by Gasteiger charge is 2.31. The second kappa shape index (κ2) is 6.44. The smallest absolute Gasteiger partial charge is 0.227 e. The van der Waals surface area contributed by atoms with Crippen molar-refractivity contribution in [3.05, 3.63) is 24.0 Å². The first kappa shape index (κ1) is 15.1. The van der Waals surface area contributed by atoms with Crippen LogP contribution in [0.5, 0.6) is 0 Å². The van der Waals surface area contributed by atoms with E-state index in [4.69, 9.17) is 5.73 Å². The van der Waals surface area contributed by atoms with E-state index in [-0.39, 0.29) is 23.9 Å². The molecule has 2 rings (SSSR count). The highest BCUT2D eigenvalue weighted by atomic mass is 16.2. The molecule has 1 fully saturated rings. The zero-order valence-corrected chi connectivity index (χ0v) is 12.9. The van der Waals surface area contributed by atoms with Crippen molar-refractivity contribution in [2.75, 3.05) is 6.54 Å². The number of likely N-dealkylation sites (tertiary alicyclic amines) is 1. The monoisotopic (exact) mass is 277 g/mol. The Bertz CT molecular complexity index is 452. The number of carbonyl (C=O) groups excluding carboxylic acids is 1. The molecular weight excluding hydrogens is 250 g/mol. The van der Waals surface area contributed by atoms with Gasteiger partial charge in [-0.2, -0.15) is 0 Å². The van der Waals surface area contributed by atoms with E-state index in [2.05, 4.69) is 34.8 Å². The molecule has 4 heteroatoms. The van der Waals surface area contributed by atoms with Crippen molar-refractivity contribution in [2.24, 2.45) is 18.7 Å². The van der Waals surface area contributed by atoms with Gasteiger partial charge in [-0.25, -0.2) is 0 Å². The van der Waals surface area contributed by atoms with Gasteiger partial charge >= 0.3 is 0 Å². The Hall–Kier alpha value is -1.29. The highest BCUT2D eigenvalue weighted by Crippen LogP contribution is 2.31. The van der Waals surface area contributed by atoms with Crippen molar-refractivity contribution in [1.82, 2.24) is 9.47 Å². The van der Waals surface area contributed by atoms with Gasteiger partial charge in [-0.1, -0.05) is 19.8 Å². The van der Waals surface area contributed by atoms with Gasteiger partial charge in [0.25, 0.3) is 0 Å². The van der Waals surface area contributed by atoms with Crippen LogP contribution in [0.4, 0.5) is 0 Å². The summed E-state index contributed by atoms with van der Waals surface area (Å²) in [5, 5.41) is 0. The van der Waals surface area contributed by atoms with Gasteiger partial charge in [-0.15, -0.1) is 0 Å². The number of hydrogen-bond acceptors (Lipinski definition) is 2. The summed E-state index contributed by atoms with van der Waals surface area (Å²) in [5.74, 6) is 0.0870. The average molecular weight is 277 g/mol. The van der Waals surface area contributed by atoms with Crippen molar-refractivity contribution < 1.29 is 4.79 Å².